The van der Waals surface area contributed by atoms with Crippen molar-refractivity contribution in [1.82, 2.24) is 14.5 Å². The van der Waals surface area contributed by atoms with Gasteiger partial charge in [-0.25, -0.2) is 4.98 Å². The Morgan fingerprint density at radius 2 is 2.11 bits per heavy atom. The molecule has 0 amide bonds. The fraction of sp³-hybridized carbons (Fsp3) is 0.462. The molecule has 0 saturated carbocycles. The molecule has 18 heavy (non-hydrogen) atoms. The molecule has 0 aliphatic rings. The van der Waals surface area contributed by atoms with E-state index in [1.165, 1.54) is 0 Å². The number of benzene rings is 1. The van der Waals surface area contributed by atoms with Crippen LogP contribution in [-0.2, 0) is 5.88 Å². The van der Waals surface area contributed by atoms with Crippen molar-refractivity contribution in [3.05, 3.63) is 29.0 Å². The molecule has 2 aromatic rings. The lowest BCUT2D eigenvalue weighted by molar-refractivity contribution is 0.337. The van der Waals surface area contributed by atoms with Crippen LogP contribution >= 0.6 is 23.2 Å². The van der Waals surface area contributed by atoms with Crippen LogP contribution in [0.4, 0.5) is 0 Å². The number of halogens is 2. The summed E-state index contributed by atoms with van der Waals surface area (Å²) >= 11 is 12.1. The maximum Gasteiger partial charge on any atom is 0.125 e. The Hall–Kier alpha value is -0.770. The highest BCUT2D eigenvalue weighted by atomic mass is 35.5. The number of fused-ring (bicyclic) bond motifs is 1. The second kappa shape index (κ2) is 5.47. The van der Waals surface area contributed by atoms with Crippen LogP contribution < -0.4 is 0 Å². The minimum absolute atomic E-state index is 0.303. The Balaban J connectivity index is 2.54. The summed E-state index contributed by atoms with van der Waals surface area (Å²) in [7, 11) is 4.12. The Morgan fingerprint density at radius 1 is 1.39 bits per heavy atom. The SMILES string of the molecule is CC(CN(C)C)n1c(CCl)nc2ccc(Cl)cc21. The summed E-state index contributed by atoms with van der Waals surface area (Å²) in [6.45, 7) is 3.10. The van der Waals surface area contributed by atoms with Crippen LogP contribution in [0.25, 0.3) is 11.0 Å². The molecule has 3 nitrogen and oxygen atoms in total. The van der Waals surface area contributed by atoms with Gasteiger partial charge in [0.1, 0.15) is 5.82 Å². The average Bonchev–Trinajstić information content (AvgIpc) is 2.65. The number of hydrogen-bond acceptors (Lipinski definition) is 2. The molecular formula is C13H17Cl2N3. The highest BCUT2D eigenvalue weighted by molar-refractivity contribution is 6.31. The summed E-state index contributed by atoms with van der Waals surface area (Å²) in [6.07, 6.45) is 0. The minimum atomic E-state index is 0.303. The molecule has 0 N–H and O–H groups in total. The maximum absolute atomic E-state index is 6.07. The Kier molecular flexibility index (Phi) is 4.15. The molecule has 98 valence electrons. The van der Waals surface area contributed by atoms with Crippen molar-refractivity contribution in [2.75, 3.05) is 20.6 Å². The van der Waals surface area contributed by atoms with E-state index >= 15 is 0 Å². The molecule has 0 saturated heterocycles. The summed E-state index contributed by atoms with van der Waals surface area (Å²) in [4.78, 5) is 6.71. The zero-order valence-corrected chi connectivity index (χ0v) is 12.3. The van der Waals surface area contributed by atoms with Crippen molar-refractivity contribution >= 4 is 34.2 Å². The van der Waals surface area contributed by atoms with Gasteiger partial charge in [0.2, 0.25) is 0 Å². The van der Waals surface area contributed by atoms with Gasteiger partial charge in [-0.15, -0.1) is 11.6 Å². The average molecular weight is 286 g/mol. The largest absolute Gasteiger partial charge is 0.323 e. The number of hydrogen-bond donors (Lipinski definition) is 0. The lowest BCUT2D eigenvalue weighted by atomic mass is 10.2. The predicted octanol–water partition coefficient (Wildman–Crippen LogP) is 3.55. The standard InChI is InChI=1S/C13H17Cl2N3/c1-9(8-17(2)3)18-12-6-10(15)4-5-11(12)16-13(18)7-14/h4-6,9H,7-8H2,1-3H3. The van der Waals surface area contributed by atoms with E-state index in [4.69, 9.17) is 23.2 Å². The molecule has 0 aliphatic carbocycles. The second-order valence-electron chi connectivity index (χ2n) is 4.78. The van der Waals surface area contributed by atoms with E-state index in [0.29, 0.717) is 11.9 Å². The van der Waals surface area contributed by atoms with Gasteiger partial charge in [-0.1, -0.05) is 11.6 Å². The Bertz CT molecular complexity index is 548. The van der Waals surface area contributed by atoms with E-state index in [-0.39, 0.29) is 0 Å². The van der Waals surface area contributed by atoms with Crippen LogP contribution in [-0.4, -0.2) is 35.1 Å². The number of likely N-dealkylation sites (N-methyl/N-ethyl adjacent to an activating group) is 1. The lowest BCUT2D eigenvalue weighted by Gasteiger charge is -2.20. The van der Waals surface area contributed by atoms with Gasteiger partial charge in [-0.3, -0.25) is 0 Å². The van der Waals surface area contributed by atoms with E-state index in [1.807, 2.05) is 18.2 Å². The van der Waals surface area contributed by atoms with Crippen molar-refractivity contribution in [2.45, 2.75) is 18.8 Å². The third-order valence-electron chi connectivity index (χ3n) is 2.91. The van der Waals surface area contributed by atoms with E-state index < -0.39 is 0 Å². The lowest BCUT2D eigenvalue weighted by Crippen LogP contribution is -2.23. The first-order valence-corrected chi connectivity index (χ1v) is 6.81. The van der Waals surface area contributed by atoms with Gasteiger partial charge < -0.3 is 9.47 Å². The van der Waals surface area contributed by atoms with Crippen molar-refractivity contribution in [1.29, 1.82) is 0 Å². The van der Waals surface area contributed by atoms with Crippen LogP contribution in [0.2, 0.25) is 5.02 Å². The normalized spacial score (nSPS) is 13.4. The molecule has 5 heteroatoms. The van der Waals surface area contributed by atoms with Crippen LogP contribution in [0.5, 0.6) is 0 Å². The van der Waals surface area contributed by atoms with Crippen molar-refractivity contribution in [2.24, 2.45) is 0 Å². The molecule has 0 fully saturated rings. The monoisotopic (exact) mass is 285 g/mol. The molecule has 1 heterocycles. The van der Waals surface area contributed by atoms with Crippen LogP contribution in [0.3, 0.4) is 0 Å². The highest BCUT2D eigenvalue weighted by Crippen LogP contribution is 2.25. The van der Waals surface area contributed by atoms with Crippen molar-refractivity contribution < 1.29 is 0 Å². The molecular weight excluding hydrogens is 269 g/mol. The van der Waals surface area contributed by atoms with E-state index in [2.05, 4.69) is 35.5 Å². The van der Waals surface area contributed by atoms with Crippen LogP contribution in [0, 0.1) is 0 Å². The summed E-state index contributed by atoms with van der Waals surface area (Å²) < 4.78 is 2.17. The van der Waals surface area contributed by atoms with E-state index in [9.17, 15) is 0 Å². The zero-order chi connectivity index (χ0) is 13.3. The van der Waals surface area contributed by atoms with Gasteiger partial charge in [0.15, 0.2) is 0 Å². The molecule has 0 radical (unpaired) electrons. The number of alkyl halides is 1. The summed E-state index contributed by atoms with van der Waals surface area (Å²) in [5.74, 6) is 1.30. The smallest absolute Gasteiger partial charge is 0.125 e. The van der Waals surface area contributed by atoms with Gasteiger partial charge in [0, 0.05) is 17.6 Å². The third kappa shape index (κ3) is 2.63. The first-order valence-electron chi connectivity index (χ1n) is 5.90. The second-order valence-corrected chi connectivity index (χ2v) is 5.48. The number of imidazole rings is 1. The van der Waals surface area contributed by atoms with Crippen molar-refractivity contribution in [3.63, 3.8) is 0 Å². The molecule has 0 spiro atoms. The van der Waals surface area contributed by atoms with Crippen LogP contribution in [0.1, 0.15) is 18.8 Å². The predicted molar refractivity (Wildman–Crippen MR) is 77.6 cm³/mol. The molecule has 1 aromatic carbocycles. The molecule has 0 bridgehead atoms. The summed E-state index contributed by atoms with van der Waals surface area (Å²) in [5.41, 5.74) is 1.99. The van der Waals surface area contributed by atoms with Gasteiger partial charge in [0.25, 0.3) is 0 Å². The fourth-order valence-electron chi connectivity index (χ4n) is 2.31. The quantitative estimate of drug-likeness (QED) is 0.801. The molecule has 0 aliphatic heterocycles. The van der Waals surface area contributed by atoms with Crippen molar-refractivity contribution in [3.8, 4) is 0 Å². The molecule has 1 aromatic heterocycles. The van der Waals surface area contributed by atoms with E-state index in [1.54, 1.807) is 0 Å². The molecule has 1 unspecified atom stereocenters. The Labute approximate surface area is 117 Å². The van der Waals surface area contributed by atoms with E-state index in [0.717, 1.165) is 28.4 Å². The summed E-state index contributed by atoms with van der Waals surface area (Å²) in [6, 6.07) is 6.05. The first kappa shape index (κ1) is 13.7. The molecule has 1 atom stereocenters. The topological polar surface area (TPSA) is 21.1 Å². The zero-order valence-electron chi connectivity index (χ0n) is 10.8. The number of nitrogens with zero attached hydrogens (tertiary/aromatic N) is 3. The summed E-state index contributed by atoms with van der Waals surface area (Å²) in [5, 5.41) is 0.724. The van der Waals surface area contributed by atoms with Gasteiger partial charge in [0.05, 0.1) is 16.9 Å². The van der Waals surface area contributed by atoms with Gasteiger partial charge in [-0.05, 0) is 39.2 Å². The first-order chi connectivity index (χ1) is 8.52. The fourth-order valence-corrected chi connectivity index (χ4v) is 2.67. The maximum atomic E-state index is 6.07. The molecule has 2 rings (SSSR count). The third-order valence-corrected chi connectivity index (χ3v) is 3.39. The van der Waals surface area contributed by atoms with Gasteiger partial charge >= 0.3 is 0 Å². The Morgan fingerprint density at radius 3 is 2.72 bits per heavy atom. The highest BCUT2D eigenvalue weighted by Gasteiger charge is 2.16. The van der Waals surface area contributed by atoms with Gasteiger partial charge in [-0.2, -0.15) is 0 Å². The number of rotatable bonds is 4. The minimum Gasteiger partial charge on any atom is -0.323 e. The van der Waals surface area contributed by atoms with Crippen LogP contribution in [0.15, 0.2) is 18.2 Å². The number of aromatic nitrogens is 2.